The molecule has 18 heavy (non-hydrogen) atoms. The van der Waals surface area contributed by atoms with Crippen LogP contribution in [-0.4, -0.2) is 15.0 Å². The molecule has 0 saturated carbocycles. The molecule has 2 heterocycles. The van der Waals surface area contributed by atoms with Crippen molar-refractivity contribution in [3.05, 3.63) is 54.5 Å². The molecule has 3 heteroatoms. The van der Waals surface area contributed by atoms with Crippen molar-refractivity contribution in [2.75, 3.05) is 0 Å². The standard InChI is InChI=1S/C15H9N3/c1-2-11-4-3-5-12(8-11)15-17-9-13-6-7-16-10-14(13)18-15/h1,3-10H. The summed E-state index contributed by atoms with van der Waals surface area (Å²) in [6.45, 7) is 0. The van der Waals surface area contributed by atoms with Crippen molar-refractivity contribution in [2.45, 2.75) is 0 Å². The number of nitrogens with zero attached hydrogens (tertiary/aromatic N) is 3. The highest BCUT2D eigenvalue weighted by atomic mass is 14.9. The Morgan fingerprint density at radius 2 is 2.06 bits per heavy atom. The molecule has 0 aliphatic rings. The Kier molecular flexibility index (Phi) is 2.47. The molecule has 0 unspecified atom stereocenters. The highest BCUT2D eigenvalue weighted by Crippen LogP contribution is 2.18. The molecule has 2 aromatic heterocycles. The van der Waals surface area contributed by atoms with Crippen LogP contribution in [0.15, 0.2) is 48.9 Å². The topological polar surface area (TPSA) is 38.7 Å². The zero-order valence-electron chi connectivity index (χ0n) is 9.54. The van der Waals surface area contributed by atoms with Gasteiger partial charge >= 0.3 is 0 Å². The van der Waals surface area contributed by atoms with E-state index in [4.69, 9.17) is 6.42 Å². The van der Waals surface area contributed by atoms with Gasteiger partial charge in [-0.25, -0.2) is 9.97 Å². The SMILES string of the molecule is C#Cc1cccc(-c2ncc3ccncc3n2)c1. The van der Waals surface area contributed by atoms with E-state index >= 15 is 0 Å². The van der Waals surface area contributed by atoms with Gasteiger partial charge in [0, 0.05) is 28.9 Å². The van der Waals surface area contributed by atoms with E-state index in [0.29, 0.717) is 5.82 Å². The highest BCUT2D eigenvalue weighted by molar-refractivity contribution is 5.78. The predicted molar refractivity (Wildman–Crippen MR) is 70.7 cm³/mol. The second-order valence-corrected chi connectivity index (χ2v) is 3.85. The number of benzene rings is 1. The monoisotopic (exact) mass is 231 g/mol. The summed E-state index contributed by atoms with van der Waals surface area (Å²) < 4.78 is 0. The summed E-state index contributed by atoms with van der Waals surface area (Å²) in [5.74, 6) is 3.27. The lowest BCUT2D eigenvalue weighted by molar-refractivity contribution is 1.21. The number of hydrogen-bond acceptors (Lipinski definition) is 3. The Labute approximate surface area is 105 Å². The third-order valence-electron chi connectivity index (χ3n) is 2.67. The molecule has 1 aromatic carbocycles. The van der Waals surface area contributed by atoms with Gasteiger partial charge in [-0.2, -0.15) is 0 Å². The third-order valence-corrected chi connectivity index (χ3v) is 2.67. The first kappa shape index (κ1) is 10.4. The summed E-state index contributed by atoms with van der Waals surface area (Å²) in [7, 11) is 0. The van der Waals surface area contributed by atoms with Crippen LogP contribution in [0.4, 0.5) is 0 Å². The second kappa shape index (κ2) is 4.27. The van der Waals surface area contributed by atoms with E-state index in [1.165, 1.54) is 0 Å². The van der Waals surface area contributed by atoms with Crippen molar-refractivity contribution in [1.29, 1.82) is 0 Å². The Balaban J connectivity index is 2.16. The molecule has 0 N–H and O–H groups in total. The van der Waals surface area contributed by atoms with E-state index in [2.05, 4.69) is 20.9 Å². The molecule has 3 nitrogen and oxygen atoms in total. The molecule has 0 aliphatic carbocycles. The van der Waals surface area contributed by atoms with Gasteiger partial charge in [0.1, 0.15) is 0 Å². The number of pyridine rings is 1. The smallest absolute Gasteiger partial charge is 0.159 e. The van der Waals surface area contributed by atoms with Gasteiger partial charge in [0.2, 0.25) is 0 Å². The Morgan fingerprint density at radius 3 is 2.94 bits per heavy atom. The van der Waals surface area contributed by atoms with E-state index in [-0.39, 0.29) is 0 Å². The maximum atomic E-state index is 5.39. The fourth-order valence-corrected chi connectivity index (χ4v) is 1.76. The molecule has 0 aliphatic heterocycles. The van der Waals surface area contributed by atoms with Gasteiger partial charge in [0.05, 0.1) is 11.7 Å². The van der Waals surface area contributed by atoms with Crippen LogP contribution in [0, 0.1) is 12.3 Å². The van der Waals surface area contributed by atoms with Crippen LogP contribution in [-0.2, 0) is 0 Å². The van der Waals surface area contributed by atoms with Gasteiger partial charge in [-0.1, -0.05) is 18.1 Å². The Morgan fingerprint density at radius 1 is 1.11 bits per heavy atom. The predicted octanol–water partition coefficient (Wildman–Crippen LogP) is 2.67. The second-order valence-electron chi connectivity index (χ2n) is 3.85. The minimum absolute atomic E-state index is 0.660. The quantitative estimate of drug-likeness (QED) is 0.604. The van der Waals surface area contributed by atoms with E-state index in [9.17, 15) is 0 Å². The van der Waals surface area contributed by atoms with Crippen molar-refractivity contribution in [3.63, 3.8) is 0 Å². The minimum Gasteiger partial charge on any atom is -0.262 e. The van der Waals surface area contributed by atoms with Crippen LogP contribution in [0.3, 0.4) is 0 Å². The van der Waals surface area contributed by atoms with Crippen LogP contribution in [0.25, 0.3) is 22.3 Å². The molecule has 84 valence electrons. The molecule has 0 saturated heterocycles. The van der Waals surface area contributed by atoms with Gasteiger partial charge in [-0.05, 0) is 18.2 Å². The van der Waals surface area contributed by atoms with Gasteiger partial charge in [-0.3, -0.25) is 4.98 Å². The van der Waals surface area contributed by atoms with Crippen LogP contribution in [0.5, 0.6) is 0 Å². The summed E-state index contributed by atoms with van der Waals surface area (Å²) >= 11 is 0. The maximum Gasteiger partial charge on any atom is 0.159 e. The average molecular weight is 231 g/mol. The number of aromatic nitrogens is 3. The molecule has 0 radical (unpaired) electrons. The van der Waals surface area contributed by atoms with Crippen LogP contribution >= 0.6 is 0 Å². The minimum atomic E-state index is 0.660. The van der Waals surface area contributed by atoms with Crippen LogP contribution in [0.1, 0.15) is 5.56 Å². The lowest BCUT2D eigenvalue weighted by Gasteiger charge is -2.02. The van der Waals surface area contributed by atoms with Gasteiger partial charge in [0.25, 0.3) is 0 Å². The summed E-state index contributed by atoms with van der Waals surface area (Å²) in [6.07, 6.45) is 10.6. The molecule has 0 fully saturated rings. The first-order valence-corrected chi connectivity index (χ1v) is 5.50. The normalized spacial score (nSPS) is 10.2. The van der Waals surface area contributed by atoms with Crippen molar-refractivity contribution in [3.8, 4) is 23.7 Å². The number of hydrogen-bond donors (Lipinski definition) is 0. The van der Waals surface area contributed by atoms with Crippen molar-refractivity contribution in [1.82, 2.24) is 15.0 Å². The van der Waals surface area contributed by atoms with Crippen molar-refractivity contribution < 1.29 is 0 Å². The summed E-state index contributed by atoms with van der Waals surface area (Å²) in [4.78, 5) is 12.9. The number of rotatable bonds is 1. The van der Waals surface area contributed by atoms with Crippen LogP contribution in [0.2, 0.25) is 0 Å². The first-order chi connectivity index (χ1) is 8.86. The summed E-state index contributed by atoms with van der Waals surface area (Å²) in [5.41, 5.74) is 2.56. The largest absolute Gasteiger partial charge is 0.262 e. The Hall–Kier alpha value is -2.73. The molecule has 0 spiro atoms. The lowest BCUT2D eigenvalue weighted by atomic mass is 10.1. The maximum absolute atomic E-state index is 5.39. The van der Waals surface area contributed by atoms with E-state index < -0.39 is 0 Å². The van der Waals surface area contributed by atoms with E-state index in [1.54, 1.807) is 18.6 Å². The van der Waals surface area contributed by atoms with Gasteiger partial charge in [-0.15, -0.1) is 6.42 Å². The van der Waals surface area contributed by atoms with Crippen molar-refractivity contribution >= 4 is 10.9 Å². The molecule has 3 rings (SSSR count). The molecule has 0 atom stereocenters. The molecule has 0 amide bonds. The highest BCUT2D eigenvalue weighted by Gasteiger charge is 2.03. The van der Waals surface area contributed by atoms with Crippen LogP contribution < -0.4 is 0 Å². The number of fused-ring (bicyclic) bond motifs is 1. The fraction of sp³-hybridized carbons (Fsp3) is 0. The summed E-state index contributed by atoms with van der Waals surface area (Å²) in [6, 6.07) is 9.51. The molecule has 3 aromatic rings. The van der Waals surface area contributed by atoms with E-state index in [1.807, 2.05) is 30.3 Å². The first-order valence-electron chi connectivity index (χ1n) is 5.50. The van der Waals surface area contributed by atoms with Gasteiger partial charge < -0.3 is 0 Å². The zero-order chi connectivity index (χ0) is 12.4. The zero-order valence-corrected chi connectivity index (χ0v) is 9.54. The third kappa shape index (κ3) is 1.80. The molecular formula is C15H9N3. The molecule has 0 bridgehead atoms. The fourth-order valence-electron chi connectivity index (χ4n) is 1.76. The molecular weight excluding hydrogens is 222 g/mol. The van der Waals surface area contributed by atoms with E-state index in [0.717, 1.165) is 22.0 Å². The summed E-state index contributed by atoms with van der Waals surface area (Å²) in [5, 5.41) is 0.974. The Bertz CT molecular complexity index is 757. The van der Waals surface area contributed by atoms with Gasteiger partial charge in [0.15, 0.2) is 5.82 Å². The lowest BCUT2D eigenvalue weighted by Crippen LogP contribution is -1.90. The number of terminal acetylenes is 1. The average Bonchev–Trinajstić information content (AvgIpc) is 2.47. The van der Waals surface area contributed by atoms with Crippen molar-refractivity contribution in [2.24, 2.45) is 0 Å².